The molecule has 1 aliphatic rings. The summed E-state index contributed by atoms with van der Waals surface area (Å²) in [5.74, 6) is 0.290. The van der Waals surface area contributed by atoms with Crippen molar-refractivity contribution in [3.05, 3.63) is 120 Å². The highest BCUT2D eigenvalue weighted by Crippen LogP contribution is 2.38. The topological polar surface area (TPSA) is 38.7 Å². The van der Waals surface area contributed by atoms with Crippen molar-refractivity contribution >= 4 is 24.8 Å². The average Bonchev–Trinajstić information content (AvgIpc) is 3.41. The van der Waals surface area contributed by atoms with E-state index in [2.05, 4.69) is 107 Å². The summed E-state index contributed by atoms with van der Waals surface area (Å²) >= 11 is 0. The quantitative estimate of drug-likeness (QED) is 0.258. The molecule has 1 unspecified atom stereocenters. The minimum absolute atomic E-state index is 0.0232. The summed E-state index contributed by atoms with van der Waals surface area (Å²) in [6.45, 7) is 14.7. The Balaban J connectivity index is 1.51. The summed E-state index contributed by atoms with van der Waals surface area (Å²) in [4.78, 5) is 0. The predicted octanol–water partition coefficient (Wildman–Crippen LogP) is 7.42. The summed E-state index contributed by atoms with van der Waals surface area (Å²) in [5.41, 5.74) is 4.65. The maximum atomic E-state index is 9.58. The minimum Gasteiger partial charge on any atom is -0.508 e. The molecule has 204 valence electrons. The molecule has 0 fully saturated rings. The number of hydrogen-bond acceptors (Lipinski definition) is 3. The molecule has 0 spiro atoms. The Hall–Kier alpha value is -3.18. The number of ether oxygens (including phenoxy) is 1. The van der Waals surface area contributed by atoms with Gasteiger partial charge in [0.1, 0.15) is 5.75 Å². The zero-order valence-corrected chi connectivity index (χ0v) is 24.8. The zero-order chi connectivity index (χ0) is 27.9. The summed E-state index contributed by atoms with van der Waals surface area (Å²) in [6, 6.07) is 28.9. The third-order valence-electron chi connectivity index (χ3n) is 7.68. The van der Waals surface area contributed by atoms with Gasteiger partial charge in [-0.25, -0.2) is 0 Å². The maximum Gasteiger partial charge on any atom is 0.261 e. The van der Waals surface area contributed by atoms with Gasteiger partial charge >= 0.3 is 0 Å². The van der Waals surface area contributed by atoms with Crippen LogP contribution in [-0.2, 0) is 9.16 Å². The molecule has 1 N–H and O–H groups in total. The van der Waals surface area contributed by atoms with E-state index in [0.29, 0.717) is 13.2 Å². The number of rotatable bonds is 11. The third-order valence-corrected chi connectivity index (χ3v) is 12.7. The molecule has 0 radical (unpaired) electrons. The smallest absolute Gasteiger partial charge is 0.261 e. The molecular weight excluding hydrogens is 496 g/mol. The predicted molar refractivity (Wildman–Crippen MR) is 166 cm³/mol. The second-order valence-corrected chi connectivity index (χ2v) is 15.6. The van der Waals surface area contributed by atoms with Crippen LogP contribution in [0.5, 0.6) is 5.75 Å². The molecule has 0 aromatic heterocycles. The van der Waals surface area contributed by atoms with E-state index < -0.39 is 8.32 Å². The van der Waals surface area contributed by atoms with E-state index in [0.717, 1.165) is 30.4 Å². The van der Waals surface area contributed by atoms with Crippen LogP contribution >= 0.6 is 0 Å². The standard InChI is InChI=1S/C35H42O3Si/c1-6-28(25-29-17-20-30(36)21-18-29)19-22-34-33(23-24-37-34)27(2)26-38-39(35(3,4)5,31-13-9-7-10-14-31)32-15-11-8-12-16-32/h7-18,20-21,23,25,34,36H,2,6,19,22,24,26H2,1,3-5H3/b28-25+. The summed E-state index contributed by atoms with van der Waals surface area (Å²) in [5, 5.41) is 12.1. The van der Waals surface area contributed by atoms with Crippen LogP contribution in [0.15, 0.2) is 114 Å². The van der Waals surface area contributed by atoms with Crippen molar-refractivity contribution in [2.75, 3.05) is 13.2 Å². The maximum absolute atomic E-state index is 9.58. The fourth-order valence-electron chi connectivity index (χ4n) is 5.60. The van der Waals surface area contributed by atoms with Gasteiger partial charge in [0.05, 0.1) is 19.3 Å². The molecule has 3 aromatic rings. The molecule has 4 rings (SSSR count). The van der Waals surface area contributed by atoms with Gasteiger partial charge in [0, 0.05) is 0 Å². The summed E-state index contributed by atoms with van der Waals surface area (Å²) in [7, 11) is -2.63. The van der Waals surface area contributed by atoms with Crippen molar-refractivity contribution < 1.29 is 14.3 Å². The second kappa shape index (κ2) is 12.8. The van der Waals surface area contributed by atoms with E-state index in [4.69, 9.17) is 9.16 Å². The van der Waals surface area contributed by atoms with E-state index in [1.165, 1.54) is 21.5 Å². The van der Waals surface area contributed by atoms with Crippen LogP contribution < -0.4 is 10.4 Å². The van der Waals surface area contributed by atoms with Crippen LogP contribution in [-0.4, -0.2) is 32.7 Å². The first-order valence-corrected chi connectivity index (χ1v) is 15.9. The van der Waals surface area contributed by atoms with Crippen molar-refractivity contribution in [1.29, 1.82) is 0 Å². The monoisotopic (exact) mass is 538 g/mol. The molecular formula is C35H42O3Si. The Bertz CT molecular complexity index is 1250. The van der Waals surface area contributed by atoms with Crippen LogP contribution in [0.4, 0.5) is 0 Å². The van der Waals surface area contributed by atoms with Gasteiger partial charge in [0.15, 0.2) is 0 Å². The average molecular weight is 539 g/mol. The van der Waals surface area contributed by atoms with Crippen molar-refractivity contribution in [3.8, 4) is 5.75 Å². The SMILES string of the molecule is C=C(CO[Si](c1ccccc1)(c1ccccc1)C(C)(C)C)C1=CCOC1CC/C(=C/c1ccc(O)cc1)CC. The molecule has 4 heteroatoms. The molecule has 1 atom stereocenters. The van der Waals surface area contributed by atoms with E-state index in [1.54, 1.807) is 12.1 Å². The fourth-order valence-corrected chi connectivity index (χ4v) is 10.1. The lowest BCUT2D eigenvalue weighted by Crippen LogP contribution is -2.66. The minimum atomic E-state index is -2.63. The van der Waals surface area contributed by atoms with Crippen LogP contribution in [0.2, 0.25) is 5.04 Å². The number of phenols is 1. The Morgan fingerprint density at radius 3 is 2.10 bits per heavy atom. The lowest BCUT2D eigenvalue weighted by molar-refractivity contribution is 0.115. The van der Waals surface area contributed by atoms with Crippen molar-refractivity contribution in [1.82, 2.24) is 0 Å². The first kappa shape index (κ1) is 28.8. The van der Waals surface area contributed by atoms with E-state index in [1.807, 2.05) is 12.1 Å². The Morgan fingerprint density at radius 1 is 0.974 bits per heavy atom. The van der Waals surface area contributed by atoms with Gasteiger partial charge in [0.25, 0.3) is 8.32 Å². The molecule has 39 heavy (non-hydrogen) atoms. The van der Waals surface area contributed by atoms with Crippen LogP contribution in [0, 0.1) is 0 Å². The van der Waals surface area contributed by atoms with E-state index in [-0.39, 0.29) is 16.9 Å². The normalized spacial score (nSPS) is 16.3. The first-order chi connectivity index (χ1) is 18.7. The lowest BCUT2D eigenvalue weighted by Gasteiger charge is -2.43. The molecule has 3 aromatic carbocycles. The van der Waals surface area contributed by atoms with E-state index in [9.17, 15) is 5.11 Å². The van der Waals surface area contributed by atoms with Crippen molar-refractivity contribution in [2.45, 2.75) is 58.1 Å². The van der Waals surface area contributed by atoms with E-state index >= 15 is 0 Å². The zero-order valence-electron chi connectivity index (χ0n) is 23.8. The van der Waals surface area contributed by atoms with Gasteiger partial charge < -0.3 is 14.3 Å². The third kappa shape index (κ3) is 6.70. The highest BCUT2D eigenvalue weighted by atomic mass is 28.4. The Kier molecular flexibility index (Phi) is 9.44. The molecule has 1 aliphatic heterocycles. The van der Waals surface area contributed by atoms with Gasteiger partial charge in [-0.15, -0.1) is 0 Å². The molecule has 3 nitrogen and oxygen atoms in total. The van der Waals surface area contributed by atoms with Gasteiger partial charge in [-0.05, 0) is 63.5 Å². The van der Waals surface area contributed by atoms with Gasteiger partial charge in [0.2, 0.25) is 0 Å². The Labute approximate surface area is 235 Å². The van der Waals surface area contributed by atoms with Gasteiger partial charge in [-0.1, -0.05) is 125 Å². The molecule has 0 bridgehead atoms. The van der Waals surface area contributed by atoms with Crippen molar-refractivity contribution in [2.24, 2.45) is 0 Å². The van der Waals surface area contributed by atoms with Gasteiger partial charge in [-0.2, -0.15) is 0 Å². The molecule has 1 heterocycles. The second-order valence-electron chi connectivity index (χ2n) is 11.3. The van der Waals surface area contributed by atoms with Crippen LogP contribution in [0.1, 0.15) is 52.5 Å². The number of phenolic OH excluding ortho intramolecular Hbond substituents is 1. The first-order valence-electron chi connectivity index (χ1n) is 14.0. The fraction of sp³-hybridized carbons (Fsp3) is 0.314. The molecule has 0 aliphatic carbocycles. The summed E-state index contributed by atoms with van der Waals surface area (Å²) in [6.07, 6.45) is 7.25. The lowest BCUT2D eigenvalue weighted by atomic mass is 9.96. The number of allylic oxidation sites excluding steroid dienone is 1. The number of hydrogen-bond donors (Lipinski definition) is 1. The summed E-state index contributed by atoms with van der Waals surface area (Å²) < 4.78 is 13.3. The molecule has 0 saturated heterocycles. The van der Waals surface area contributed by atoms with Crippen LogP contribution in [0.25, 0.3) is 6.08 Å². The largest absolute Gasteiger partial charge is 0.508 e. The van der Waals surface area contributed by atoms with Crippen molar-refractivity contribution in [3.63, 3.8) is 0 Å². The number of benzene rings is 3. The Morgan fingerprint density at radius 2 is 1.56 bits per heavy atom. The molecule has 0 amide bonds. The highest BCUT2D eigenvalue weighted by molar-refractivity contribution is 6.99. The number of aromatic hydroxyl groups is 1. The van der Waals surface area contributed by atoms with Crippen LogP contribution in [0.3, 0.4) is 0 Å². The molecule has 0 saturated carbocycles. The van der Waals surface area contributed by atoms with Gasteiger partial charge in [-0.3, -0.25) is 0 Å². The highest BCUT2D eigenvalue weighted by Gasteiger charge is 2.50.